The van der Waals surface area contributed by atoms with Crippen LogP contribution >= 0.6 is 11.8 Å². The van der Waals surface area contributed by atoms with Crippen LogP contribution < -0.4 is 10.6 Å². The fourth-order valence-corrected chi connectivity index (χ4v) is 7.16. The number of anilines is 2. The van der Waals surface area contributed by atoms with E-state index in [0.717, 1.165) is 47.6 Å². The number of sulfone groups is 1. The van der Waals surface area contributed by atoms with E-state index in [1.807, 2.05) is 30.8 Å². The van der Waals surface area contributed by atoms with Gasteiger partial charge in [0, 0.05) is 30.5 Å². The van der Waals surface area contributed by atoms with E-state index in [4.69, 9.17) is 0 Å². The first-order valence-electron chi connectivity index (χ1n) is 16.8. The molecule has 6 rings (SSSR count). The summed E-state index contributed by atoms with van der Waals surface area (Å²) in [7, 11) is -3.48. The number of nitrogens with one attached hydrogen (secondary N) is 2. The highest BCUT2D eigenvalue weighted by molar-refractivity contribution is 7.98. The fourth-order valence-electron chi connectivity index (χ4n) is 6.30. The molecule has 0 unspecified atom stereocenters. The summed E-state index contributed by atoms with van der Waals surface area (Å²) in [6, 6.07) is 0. The standard InChI is InChI=1S/C16H25N5O2S.C16H25N5S/c1-11(2)13-10-18-21-14(13)19-16(24(3,22)23)20-15(21)17-9-12-7-5-4-6-8-12;1-11(2)13-10-18-21-14(13)19-16(22-3)20-15(21)17-9-12-7-5-4-6-8-12/h10-12H,4-9H2,1-3H3,(H,17,19,20);10-12H,4-9H2,1-3H3,(H,17,19,20). The lowest BCUT2D eigenvalue weighted by Gasteiger charge is -2.22. The molecule has 0 amide bonds. The van der Waals surface area contributed by atoms with Crippen LogP contribution in [0.25, 0.3) is 11.3 Å². The van der Waals surface area contributed by atoms with E-state index in [0.29, 0.717) is 23.4 Å². The Bertz CT molecular complexity index is 1700. The van der Waals surface area contributed by atoms with Crippen molar-refractivity contribution in [3.05, 3.63) is 23.5 Å². The first-order valence-corrected chi connectivity index (χ1v) is 19.9. The van der Waals surface area contributed by atoms with Crippen molar-refractivity contribution in [2.24, 2.45) is 11.8 Å². The summed E-state index contributed by atoms with van der Waals surface area (Å²) in [5.74, 6) is 3.26. The quantitative estimate of drug-likeness (QED) is 0.176. The molecule has 2 fully saturated rings. The molecule has 0 bridgehead atoms. The van der Waals surface area contributed by atoms with Gasteiger partial charge in [-0.3, -0.25) is 0 Å². The van der Waals surface area contributed by atoms with Crippen LogP contribution in [0.4, 0.5) is 11.9 Å². The van der Waals surface area contributed by atoms with Crippen molar-refractivity contribution in [1.29, 1.82) is 0 Å². The van der Waals surface area contributed by atoms with Crippen molar-refractivity contribution >= 4 is 44.8 Å². The van der Waals surface area contributed by atoms with Gasteiger partial charge in [0.15, 0.2) is 16.5 Å². The molecule has 0 aromatic carbocycles. The number of nitrogens with zero attached hydrogens (tertiary/aromatic N) is 8. The van der Waals surface area contributed by atoms with Gasteiger partial charge in [-0.2, -0.15) is 34.2 Å². The zero-order valence-corrected chi connectivity index (χ0v) is 29.8. The van der Waals surface area contributed by atoms with Crippen LogP contribution in [-0.2, 0) is 9.84 Å². The SMILES string of the molecule is CC(C)c1cnn2c(NCC3CCCCC3)nc(S(C)(=O)=O)nc12.CSc1nc(NCC2CCCCC2)n2ncc(C(C)C)c2n1. The lowest BCUT2D eigenvalue weighted by molar-refractivity contribution is 0.372. The molecule has 12 nitrogen and oxygen atoms in total. The molecule has 4 aromatic heterocycles. The maximum atomic E-state index is 12.0. The van der Waals surface area contributed by atoms with Crippen LogP contribution in [0.1, 0.15) is 115 Å². The molecule has 0 atom stereocenters. The van der Waals surface area contributed by atoms with Crippen LogP contribution in [0, 0.1) is 11.8 Å². The number of hydrogen-bond donors (Lipinski definition) is 2. The number of aromatic nitrogens is 8. The number of rotatable bonds is 10. The zero-order chi connectivity index (χ0) is 32.8. The third-order valence-corrected chi connectivity index (χ3v) is 10.4. The van der Waals surface area contributed by atoms with Gasteiger partial charge < -0.3 is 10.6 Å². The molecular weight excluding hydrogens is 621 g/mol. The smallest absolute Gasteiger partial charge is 0.252 e. The Morgan fingerprint density at radius 2 is 1.20 bits per heavy atom. The predicted octanol–water partition coefficient (Wildman–Crippen LogP) is 6.61. The molecule has 2 N–H and O–H groups in total. The van der Waals surface area contributed by atoms with E-state index in [1.54, 1.807) is 22.5 Å². The number of fused-ring (bicyclic) bond motifs is 2. The van der Waals surface area contributed by atoms with Crippen LogP contribution in [0.15, 0.2) is 22.7 Å². The Morgan fingerprint density at radius 3 is 1.63 bits per heavy atom. The summed E-state index contributed by atoms with van der Waals surface area (Å²) in [5.41, 5.74) is 3.59. The normalized spacial score (nSPS) is 16.7. The number of thioether (sulfide) groups is 1. The molecule has 4 aromatic rings. The first-order chi connectivity index (χ1) is 22.0. The van der Waals surface area contributed by atoms with Crippen molar-refractivity contribution < 1.29 is 8.42 Å². The van der Waals surface area contributed by atoms with Crippen molar-refractivity contribution in [3.8, 4) is 0 Å². The van der Waals surface area contributed by atoms with E-state index in [2.05, 4.69) is 54.6 Å². The first kappa shape index (κ1) is 34.3. The maximum absolute atomic E-state index is 12.0. The summed E-state index contributed by atoms with van der Waals surface area (Å²) in [4.78, 5) is 17.7. The van der Waals surface area contributed by atoms with Gasteiger partial charge in [-0.1, -0.05) is 78.0 Å². The molecule has 252 valence electrons. The van der Waals surface area contributed by atoms with Gasteiger partial charge >= 0.3 is 0 Å². The van der Waals surface area contributed by atoms with Crippen molar-refractivity contribution in [3.63, 3.8) is 0 Å². The van der Waals surface area contributed by atoms with Gasteiger partial charge in [0.1, 0.15) is 0 Å². The van der Waals surface area contributed by atoms with Gasteiger partial charge in [-0.25, -0.2) is 13.4 Å². The van der Waals surface area contributed by atoms with Crippen LogP contribution in [-0.4, -0.2) is 73.2 Å². The van der Waals surface area contributed by atoms with Crippen molar-refractivity contribution in [1.82, 2.24) is 39.2 Å². The second-order valence-corrected chi connectivity index (χ2v) is 16.1. The maximum Gasteiger partial charge on any atom is 0.252 e. The highest BCUT2D eigenvalue weighted by Crippen LogP contribution is 2.27. The second-order valence-electron chi connectivity index (χ2n) is 13.4. The van der Waals surface area contributed by atoms with E-state index in [9.17, 15) is 8.42 Å². The van der Waals surface area contributed by atoms with E-state index < -0.39 is 9.84 Å². The molecule has 4 heterocycles. The Balaban J connectivity index is 0.000000182. The Hall–Kier alpha value is -3.00. The highest BCUT2D eigenvalue weighted by atomic mass is 32.2. The second kappa shape index (κ2) is 15.3. The minimum absolute atomic E-state index is 0.149. The van der Waals surface area contributed by atoms with Crippen LogP contribution in [0.2, 0.25) is 0 Å². The van der Waals surface area contributed by atoms with E-state index >= 15 is 0 Å². The third-order valence-electron chi connectivity index (χ3n) is 9.06. The molecule has 14 heteroatoms. The zero-order valence-electron chi connectivity index (χ0n) is 28.2. The fraction of sp³-hybridized carbons (Fsp3) is 0.688. The average molecular weight is 671 g/mol. The Labute approximate surface area is 277 Å². The molecular formula is C32H50N10O2S2. The van der Waals surface area contributed by atoms with Gasteiger partial charge in [0.2, 0.25) is 21.7 Å². The van der Waals surface area contributed by atoms with Crippen molar-refractivity contribution in [2.75, 3.05) is 36.2 Å². The molecule has 0 saturated heterocycles. The minimum atomic E-state index is -3.48. The van der Waals surface area contributed by atoms with Gasteiger partial charge in [0.05, 0.1) is 12.4 Å². The molecule has 2 aliphatic rings. The largest absolute Gasteiger partial charge is 0.354 e. The summed E-state index contributed by atoms with van der Waals surface area (Å²) < 4.78 is 27.4. The summed E-state index contributed by atoms with van der Waals surface area (Å²) in [6.45, 7) is 10.2. The predicted molar refractivity (Wildman–Crippen MR) is 185 cm³/mol. The molecule has 0 aliphatic heterocycles. The monoisotopic (exact) mass is 670 g/mol. The third kappa shape index (κ3) is 8.28. The molecule has 46 heavy (non-hydrogen) atoms. The van der Waals surface area contributed by atoms with E-state index in [1.165, 1.54) is 69.8 Å². The van der Waals surface area contributed by atoms with Crippen molar-refractivity contribution in [2.45, 2.75) is 114 Å². The molecule has 2 saturated carbocycles. The van der Waals surface area contributed by atoms with Gasteiger partial charge in [0.25, 0.3) is 5.16 Å². The molecule has 0 spiro atoms. The van der Waals surface area contributed by atoms with Gasteiger partial charge in [-0.15, -0.1) is 0 Å². The lowest BCUT2D eigenvalue weighted by atomic mass is 9.89. The molecule has 0 radical (unpaired) electrons. The van der Waals surface area contributed by atoms with Crippen LogP contribution in [0.3, 0.4) is 0 Å². The lowest BCUT2D eigenvalue weighted by Crippen LogP contribution is -2.20. The van der Waals surface area contributed by atoms with Gasteiger partial charge in [-0.05, 0) is 55.6 Å². The highest BCUT2D eigenvalue weighted by Gasteiger charge is 2.21. The Kier molecular flexibility index (Phi) is 11.4. The summed E-state index contributed by atoms with van der Waals surface area (Å²) in [6.07, 6.45) is 19.8. The molecule has 2 aliphatic carbocycles. The summed E-state index contributed by atoms with van der Waals surface area (Å²) in [5, 5.41) is 16.3. The topological polar surface area (TPSA) is 144 Å². The summed E-state index contributed by atoms with van der Waals surface area (Å²) >= 11 is 1.58. The van der Waals surface area contributed by atoms with Crippen LogP contribution in [0.5, 0.6) is 0 Å². The minimum Gasteiger partial charge on any atom is -0.354 e. The number of hydrogen-bond acceptors (Lipinski definition) is 11. The average Bonchev–Trinajstić information content (AvgIpc) is 3.68. The van der Waals surface area contributed by atoms with E-state index in [-0.39, 0.29) is 11.1 Å². The Morgan fingerprint density at radius 1 is 0.739 bits per heavy atom.